The molecule has 1 saturated heterocycles. The summed E-state index contributed by atoms with van der Waals surface area (Å²) in [4.78, 5) is 45.8. The van der Waals surface area contributed by atoms with Gasteiger partial charge in [-0.15, -0.1) is 6.58 Å². The number of carbonyl (C=O) groups excluding carboxylic acids is 3. The summed E-state index contributed by atoms with van der Waals surface area (Å²) < 4.78 is 44.4. The summed E-state index contributed by atoms with van der Waals surface area (Å²) >= 11 is 0. The zero-order chi connectivity index (χ0) is 30.4. The third-order valence-electron chi connectivity index (χ3n) is 7.66. The van der Waals surface area contributed by atoms with E-state index in [1.165, 1.54) is 11.0 Å². The average molecular weight is 601 g/mol. The predicted octanol–water partition coefficient (Wildman–Crippen LogP) is 2.67. The zero-order valence-corrected chi connectivity index (χ0v) is 24.9. The molecule has 0 radical (unpaired) electrons. The lowest BCUT2D eigenvalue weighted by atomic mass is 10.1. The van der Waals surface area contributed by atoms with Crippen molar-refractivity contribution < 1.29 is 37.0 Å². The van der Waals surface area contributed by atoms with Crippen LogP contribution in [0.5, 0.6) is 11.6 Å². The van der Waals surface area contributed by atoms with Crippen molar-refractivity contribution in [2.75, 3.05) is 13.7 Å². The van der Waals surface area contributed by atoms with E-state index < -0.39 is 62.4 Å². The Morgan fingerprint density at radius 3 is 2.55 bits per heavy atom. The van der Waals surface area contributed by atoms with Gasteiger partial charge in [0, 0.05) is 18.5 Å². The van der Waals surface area contributed by atoms with Gasteiger partial charge in [0.2, 0.25) is 21.8 Å². The highest BCUT2D eigenvalue weighted by Gasteiger charge is 2.62. The number of carbonyl (C=O) groups is 3. The topological polar surface area (TPSA) is 153 Å². The van der Waals surface area contributed by atoms with Crippen LogP contribution in [-0.2, 0) is 24.3 Å². The first-order chi connectivity index (χ1) is 19.8. The first kappa shape index (κ1) is 29.6. The molecule has 0 unspecified atom stereocenters. The third kappa shape index (κ3) is 5.87. The highest BCUT2D eigenvalue weighted by molar-refractivity contribution is 7.91. The van der Waals surface area contributed by atoms with Gasteiger partial charge in [0.25, 0.3) is 5.91 Å². The van der Waals surface area contributed by atoms with Crippen LogP contribution in [0.3, 0.4) is 0 Å². The fourth-order valence-electron chi connectivity index (χ4n) is 5.26. The van der Waals surface area contributed by atoms with Crippen molar-refractivity contribution in [3.63, 3.8) is 0 Å². The summed E-state index contributed by atoms with van der Waals surface area (Å²) in [6.07, 6.45) is 2.98. The van der Waals surface area contributed by atoms with Gasteiger partial charge >= 0.3 is 6.09 Å². The van der Waals surface area contributed by atoms with Crippen LogP contribution in [0.25, 0.3) is 10.8 Å². The highest BCUT2D eigenvalue weighted by atomic mass is 32.2. The molecule has 3 fully saturated rings. The Hall–Kier alpha value is -3.87. The number of amides is 3. The van der Waals surface area contributed by atoms with E-state index in [4.69, 9.17) is 14.2 Å². The molecule has 226 valence electrons. The second-order valence-corrected chi connectivity index (χ2v) is 13.9. The fourth-order valence-corrected chi connectivity index (χ4v) is 6.62. The van der Waals surface area contributed by atoms with Gasteiger partial charge in [0.1, 0.15) is 29.0 Å². The Bertz CT molecular complexity index is 1530. The summed E-state index contributed by atoms with van der Waals surface area (Å²) in [7, 11) is -2.29. The number of rotatable bonds is 9. The van der Waals surface area contributed by atoms with Crippen molar-refractivity contribution in [2.45, 2.75) is 75.0 Å². The van der Waals surface area contributed by atoms with Crippen molar-refractivity contribution in [1.29, 1.82) is 0 Å². The van der Waals surface area contributed by atoms with Crippen LogP contribution >= 0.6 is 0 Å². The standard InChI is InChI=1S/C29H36N4O8S/c1-6-18-15-29(18,26(35)32-42(37,38)20-10-11-20)31-24(34)21-14-19(16-33(21)27(36)41-28(2,3)4)40-25-23-17(12-13-30-25)8-7-9-22(23)39-5/h6-9,12-13,18-21H,1,10-11,14-16H2,2-5H3,(H,31,34)(H,32,35)/t18-,19-,21+,29-/m1/s1. The molecule has 42 heavy (non-hydrogen) atoms. The number of ether oxygens (including phenoxy) is 3. The van der Waals surface area contributed by atoms with E-state index in [1.54, 1.807) is 40.1 Å². The van der Waals surface area contributed by atoms with Crippen molar-refractivity contribution in [1.82, 2.24) is 19.9 Å². The fraction of sp³-hybridized carbons (Fsp3) is 0.517. The molecule has 3 aliphatic rings. The van der Waals surface area contributed by atoms with E-state index in [9.17, 15) is 22.8 Å². The molecule has 5 rings (SSSR count). The Labute approximate surface area is 244 Å². The molecule has 3 amide bonds. The summed E-state index contributed by atoms with van der Waals surface area (Å²) in [5.74, 6) is -1.06. The van der Waals surface area contributed by atoms with Gasteiger partial charge < -0.3 is 19.5 Å². The number of nitrogens with zero attached hydrogens (tertiary/aromatic N) is 2. The summed E-state index contributed by atoms with van der Waals surface area (Å²) in [5, 5.41) is 3.63. The Kier molecular flexibility index (Phi) is 7.58. The molecular formula is C29H36N4O8S. The largest absolute Gasteiger partial charge is 0.496 e. The first-order valence-corrected chi connectivity index (χ1v) is 15.4. The smallest absolute Gasteiger partial charge is 0.411 e. The molecule has 1 aliphatic heterocycles. The monoisotopic (exact) mass is 600 g/mol. The Morgan fingerprint density at radius 2 is 1.93 bits per heavy atom. The van der Waals surface area contributed by atoms with Crippen LogP contribution < -0.4 is 19.5 Å². The van der Waals surface area contributed by atoms with Crippen molar-refractivity contribution in [2.24, 2.45) is 5.92 Å². The zero-order valence-electron chi connectivity index (χ0n) is 24.1. The number of benzene rings is 1. The van der Waals surface area contributed by atoms with Gasteiger partial charge in [0.15, 0.2) is 0 Å². The van der Waals surface area contributed by atoms with E-state index in [1.807, 2.05) is 18.2 Å². The van der Waals surface area contributed by atoms with Crippen molar-refractivity contribution >= 4 is 38.7 Å². The van der Waals surface area contributed by atoms with E-state index in [0.717, 1.165) is 5.39 Å². The minimum Gasteiger partial charge on any atom is -0.496 e. The number of nitrogens with one attached hydrogen (secondary N) is 2. The SMILES string of the molecule is C=C[C@@H]1C[C@]1(NC(=O)[C@@H]1C[C@@H](Oc2nccc3cccc(OC)c23)CN1C(=O)OC(C)(C)C)C(=O)NS(=O)(=O)C1CC1. The summed E-state index contributed by atoms with van der Waals surface area (Å²) in [6, 6.07) is 6.29. The van der Waals surface area contributed by atoms with Gasteiger partial charge in [-0.3, -0.25) is 19.2 Å². The molecule has 2 aliphatic carbocycles. The molecule has 2 N–H and O–H groups in total. The molecule has 1 aromatic heterocycles. The lowest BCUT2D eigenvalue weighted by Gasteiger charge is -2.29. The average Bonchev–Trinajstić information content (AvgIpc) is 3.84. The molecule has 2 saturated carbocycles. The second kappa shape index (κ2) is 10.8. The van der Waals surface area contributed by atoms with Gasteiger partial charge in [-0.05, 0) is 57.6 Å². The molecule has 0 bridgehead atoms. The van der Waals surface area contributed by atoms with E-state index in [0.29, 0.717) is 24.0 Å². The predicted molar refractivity (Wildman–Crippen MR) is 153 cm³/mol. The molecule has 0 spiro atoms. The quantitative estimate of drug-likeness (QED) is 0.414. The summed E-state index contributed by atoms with van der Waals surface area (Å²) in [6.45, 7) is 8.89. The van der Waals surface area contributed by atoms with Gasteiger partial charge in [-0.1, -0.05) is 18.2 Å². The number of hydrogen-bond acceptors (Lipinski definition) is 9. The van der Waals surface area contributed by atoms with Gasteiger partial charge in [0.05, 0.1) is 24.3 Å². The van der Waals surface area contributed by atoms with Crippen LogP contribution in [0, 0.1) is 5.92 Å². The van der Waals surface area contributed by atoms with E-state index in [2.05, 4.69) is 21.6 Å². The molecule has 4 atom stereocenters. The lowest BCUT2D eigenvalue weighted by molar-refractivity contribution is -0.131. The molecule has 2 aromatic rings. The number of fused-ring (bicyclic) bond motifs is 1. The number of likely N-dealkylation sites (tertiary alicyclic amines) is 1. The van der Waals surface area contributed by atoms with E-state index in [-0.39, 0.29) is 25.3 Å². The maximum absolute atomic E-state index is 13.8. The first-order valence-electron chi connectivity index (χ1n) is 13.9. The number of pyridine rings is 1. The minimum atomic E-state index is -3.83. The normalized spacial score (nSPS) is 25.4. The summed E-state index contributed by atoms with van der Waals surface area (Å²) in [5.41, 5.74) is -2.31. The van der Waals surface area contributed by atoms with Crippen LogP contribution in [0.1, 0.15) is 46.5 Å². The minimum absolute atomic E-state index is 0.0142. The van der Waals surface area contributed by atoms with Crippen molar-refractivity contribution in [3.05, 3.63) is 43.1 Å². The van der Waals surface area contributed by atoms with E-state index >= 15 is 0 Å². The maximum Gasteiger partial charge on any atom is 0.411 e. The van der Waals surface area contributed by atoms with Crippen LogP contribution in [-0.4, -0.2) is 78.4 Å². The van der Waals surface area contributed by atoms with Crippen molar-refractivity contribution in [3.8, 4) is 11.6 Å². The van der Waals surface area contributed by atoms with Gasteiger partial charge in [-0.2, -0.15) is 0 Å². The number of methoxy groups -OCH3 is 1. The Morgan fingerprint density at radius 1 is 1.19 bits per heavy atom. The molecule has 12 nitrogen and oxygen atoms in total. The number of aromatic nitrogens is 1. The van der Waals surface area contributed by atoms with Gasteiger partial charge in [-0.25, -0.2) is 18.2 Å². The molecule has 1 aromatic carbocycles. The number of hydrogen-bond donors (Lipinski definition) is 2. The number of sulfonamides is 1. The highest BCUT2D eigenvalue weighted by Crippen LogP contribution is 2.45. The van der Waals surface area contributed by atoms with Crippen LogP contribution in [0.2, 0.25) is 0 Å². The van der Waals surface area contributed by atoms with Crippen LogP contribution in [0.4, 0.5) is 4.79 Å². The lowest BCUT2D eigenvalue weighted by Crippen LogP contribution is -2.56. The maximum atomic E-state index is 13.8. The third-order valence-corrected chi connectivity index (χ3v) is 9.48. The molecular weight excluding hydrogens is 564 g/mol. The van der Waals surface area contributed by atoms with Crippen LogP contribution in [0.15, 0.2) is 43.1 Å². The molecule has 13 heteroatoms. The Balaban J connectivity index is 1.39. The second-order valence-electron chi connectivity index (χ2n) is 12.0. The molecule has 2 heterocycles.